The van der Waals surface area contributed by atoms with E-state index < -0.39 is 43.6 Å². The molecular formula is C26H22ClF4N3O3S2. The molecule has 0 fully saturated rings. The fourth-order valence-electron chi connectivity index (χ4n) is 3.96. The molecule has 0 spiro atoms. The summed E-state index contributed by atoms with van der Waals surface area (Å²) in [4.78, 5) is 4.01. The van der Waals surface area contributed by atoms with Gasteiger partial charge in [-0.3, -0.25) is 4.57 Å². The standard InChI is InChI=1S/C26H22ClF4N3O3S2/c1-26(2,14-8-21(30)24(31)22(9-14)37-3)23-12-33-25(34(23)16-6-4-15(28)5-7-16)38-13-18-19(27)10-17(11-20(18)29)39(32,35)36/h4-12H,13H2,1-3H3,(H2,32,35,36). The second-order valence-electron chi connectivity index (χ2n) is 9.04. The minimum absolute atomic E-state index is 0.0221. The molecule has 0 aliphatic carbocycles. The van der Waals surface area contributed by atoms with E-state index in [0.29, 0.717) is 22.1 Å². The Bertz CT molecular complexity index is 1640. The predicted molar refractivity (Wildman–Crippen MR) is 141 cm³/mol. The lowest BCUT2D eigenvalue weighted by molar-refractivity contribution is 0.369. The van der Waals surface area contributed by atoms with Crippen LogP contribution in [-0.4, -0.2) is 25.1 Å². The van der Waals surface area contributed by atoms with Gasteiger partial charge in [-0.1, -0.05) is 37.2 Å². The van der Waals surface area contributed by atoms with E-state index in [1.165, 1.54) is 43.6 Å². The molecule has 0 unspecified atom stereocenters. The van der Waals surface area contributed by atoms with Crippen molar-refractivity contribution < 1.29 is 30.7 Å². The quantitative estimate of drug-likeness (QED) is 0.188. The number of methoxy groups -OCH3 is 1. The lowest BCUT2D eigenvalue weighted by Crippen LogP contribution is -2.23. The van der Waals surface area contributed by atoms with E-state index in [1.54, 1.807) is 18.4 Å². The molecule has 6 nitrogen and oxygen atoms in total. The van der Waals surface area contributed by atoms with Crippen LogP contribution < -0.4 is 9.88 Å². The number of thioether (sulfide) groups is 1. The van der Waals surface area contributed by atoms with Gasteiger partial charge in [0.25, 0.3) is 0 Å². The third-order valence-electron chi connectivity index (χ3n) is 6.18. The third kappa shape index (κ3) is 5.79. The molecule has 0 aliphatic rings. The summed E-state index contributed by atoms with van der Waals surface area (Å²) in [6, 6.07) is 9.83. The molecule has 0 atom stereocenters. The predicted octanol–water partition coefficient (Wildman–Crippen LogP) is 6.36. The zero-order chi connectivity index (χ0) is 28.7. The Labute approximate surface area is 231 Å². The maximum Gasteiger partial charge on any atom is 0.238 e. The van der Waals surface area contributed by atoms with E-state index in [2.05, 4.69) is 4.98 Å². The van der Waals surface area contributed by atoms with Gasteiger partial charge in [0.2, 0.25) is 15.8 Å². The van der Waals surface area contributed by atoms with Crippen molar-refractivity contribution >= 4 is 33.4 Å². The monoisotopic (exact) mass is 599 g/mol. The molecule has 0 aliphatic heterocycles. The zero-order valence-electron chi connectivity index (χ0n) is 20.8. The van der Waals surface area contributed by atoms with E-state index in [0.717, 1.165) is 30.0 Å². The first kappa shape index (κ1) is 28.9. The first-order valence-electron chi connectivity index (χ1n) is 11.2. The Balaban J connectivity index is 1.80. The number of hydrogen-bond acceptors (Lipinski definition) is 5. The molecule has 0 radical (unpaired) electrons. The molecular weight excluding hydrogens is 578 g/mol. The molecule has 13 heteroatoms. The second-order valence-corrected chi connectivity index (χ2v) is 11.9. The van der Waals surface area contributed by atoms with Gasteiger partial charge in [-0.05, 0) is 54.1 Å². The Hall–Kier alpha value is -3.06. The highest BCUT2D eigenvalue weighted by Gasteiger charge is 2.32. The van der Waals surface area contributed by atoms with Gasteiger partial charge in [0.05, 0.1) is 23.9 Å². The fourth-order valence-corrected chi connectivity index (χ4v) is 5.95. The Morgan fingerprint density at radius 1 is 1.05 bits per heavy atom. The van der Waals surface area contributed by atoms with Crippen molar-refractivity contribution in [3.8, 4) is 11.4 Å². The van der Waals surface area contributed by atoms with Gasteiger partial charge in [0, 0.05) is 27.4 Å². The van der Waals surface area contributed by atoms with Crippen molar-refractivity contribution in [2.24, 2.45) is 5.14 Å². The number of benzene rings is 3. The summed E-state index contributed by atoms with van der Waals surface area (Å²) in [6.07, 6.45) is 1.53. The highest BCUT2D eigenvalue weighted by atomic mass is 35.5. The molecule has 0 bridgehead atoms. The third-order valence-corrected chi connectivity index (χ3v) is 8.39. The number of aromatic nitrogens is 2. The Morgan fingerprint density at radius 2 is 1.72 bits per heavy atom. The van der Waals surface area contributed by atoms with E-state index in [1.807, 2.05) is 0 Å². The van der Waals surface area contributed by atoms with Crippen molar-refractivity contribution in [3.05, 3.63) is 99.8 Å². The van der Waals surface area contributed by atoms with Gasteiger partial charge in [0.15, 0.2) is 16.7 Å². The normalized spacial score (nSPS) is 12.1. The highest BCUT2D eigenvalue weighted by Crippen LogP contribution is 2.39. The molecule has 2 N–H and O–H groups in total. The van der Waals surface area contributed by atoms with E-state index in [-0.39, 0.29) is 22.1 Å². The summed E-state index contributed by atoms with van der Waals surface area (Å²) < 4.78 is 87.0. The Morgan fingerprint density at radius 3 is 2.31 bits per heavy atom. The minimum Gasteiger partial charge on any atom is -0.494 e. The molecule has 0 amide bonds. The van der Waals surface area contributed by atoms with Gasteiger partial charge in [-0.15, -0.1) is 0 Å². The summed E-state index contributed by atoms with van der Waals surface area (Å²) >= 11 is 7.26. The van der Waals surface area contributed by atoms with Crippen LogP contribution in [0.5, 0.6) is 5.75 Å². The van der Waals surface area contributed by atoms with Crippen LogP contribution >= 0.6 is 23.4 Å². The van der Waals surface area contributed by atoms with Crippen LogP contribution in [0.3, 0.4) is 0 Å². The van der Waals surface area contributed by atoms with Gasteiger partial charge in [0.1, 0.15) is 11.6 Å². The van der Waals surface area contributed by atoms with E-state index >= 15 is 0 Å². The number of ether oxygens (including phenoxy) is 1. The van der Waals surface area contributed by atoms with Gasteiger partial charge in [-0.2, -0.15) is 4.39 Å². The van der Waals surface area contributed by atoms with Crippen molar-refractivity contribution in [3.63, 3.8) is 0 Å². The molecule has 4 rings (SSSR count). The molecule has 1 aromatic heterocycles. The number of imidazole rings is 1. The first-order chi connectivity index (χ1) is 18.2. The summed E-state index contributed by atoms with van der Waals surface area (Å²) in [5.74, 6) is -3.86. The molecule has 0 saturated carbocycles. The first-order valence-corrected chi connectivity index (χ1v) is 14.2. The molecule has 4 aromatic rings. The average Bonchev–Trinajstić information content (AvgIpc) is 3.29. The van der Waals surface area contributed by atoms with Crippen molar-refractivity contribution in [2.75, 3.05) is 7.11 Å². The summed E-state index contributed by atoms with van der Waals surface area (Å²) in [5.41, 5.74) is 0.466. The molecule has 39 heavy (non-hydrogen) atoms. The van der Waals surface area contributed by atoms with Crippen LogP contribution in [0, 0.1) is 23.3 Å². The van der Waals surface area contributed by atoms with Gasteiger partial charge < -0.3 is 4.74 Å². The lowest BCUT2D eigenvalue weighted by atomic mass is 9.81. The molecule has 206 valence electrons. The van der Waals surface area contributed by atoms with Crippen molar-refractivity contribution in [2.45, 2.75) is 35.1 Å². The lowest BCUT2D eigenvalue weighted by Gasteiger charge is -2.28. The van der Waals surface area contributed by atoms with Gasteiger partial charge in [-0.25, -0.2) is 31.7 Å². The van der Waals surface area contributed by atoms with Crippen LogP contribution in [0.1, 0.15) is 30.7 Å². The van der Waals surface area contributed by atoms with Crippen molar-refractivity contribution in [1.82, 2.24) is 9.55 Å². The zero-order valence-corrected chi connectivity index (χ0v) is 23.2. The van der Waals surface area contributed by atoms with Crippen LogP contribution in [0.2, 0.25) is 5.02 Å². The van der Waals surface area contributed by atoms with Crippen molar-refractivity contribution in [1.29, 1.82) is 0 Å². The van der Waals surface area contributed by atoms with Crippen LogP contribution in [0.25, 0.3) is 5.69 Å². The largest absolute Gasteiger partial charge is 0.494 e. The summed E-state index contributed by atoms with van der Waals surface area (Å²) in [6.45, 7) is 3.54. The number of sulfonamides is 1. The number of nitrogens with two attached hydrogens (primary N) is 1. The summed E-state index contributed by atoms with van der Waals surface area (Å²) in [7, 11) is -2.94. The molecule has 3 aromatic carbocycles. The maximum absolute atomic E-state index is 14.8. The fraction of sp³-hybridized carbons (Fsp3) is 0.192. The maximum atomic E-state index is 14.8. The van der Waals surface area contributed by atoms with Crippen LogP contribution in [0.15, 0.2) is 64.8 Å². The number of hydrogen-bond donors (Lipinski definition) is 1. The number of rotatable bonds is 8. The smallest absolute Gasteiger partial charge is 0.238 e. The topological polar surface area (TPSA) is 87.2 Å². The number of halogens is 5. The summed E-state index contributed by atoms with van der Waals surface area (Å²) in [5, 5.41) is 5.30. The highest BCUT2D eigenvalue weighted by molar-refractivity contribution is 7.98. The SMILES string of the molecule is COc1cc(C(C)(C)c2cnc(SCc3c(F)cc(S(N)(=O)=O)cc3Cl)n2-c2ccc(F)cc2)cc(F)c1F. The molecule has 0 saturated heterocycles. The second kappa shape index (κ2) is 10.8. The minimum atomic E-state index is -4.17. The number of nitrogens with zero attached hydrogens (tertiary/aromatic N) is 2. The Kier molecular flexibility index (Phi) is 8.04. The van der Waals surface area contributed by atoms with Crippen LogP contribution in [0.4, 0.5) is 17.6 Å². The van der Waals surface area contributed by atoms with Crippen LogP contribution in [-0.2, 0) is 21.2 Å². The number of primary sulfonamides is 1. The van der Waals surface area contributed by atoms with Gasteiger partial charge >= 0.3 is 0 Å². The molecule has 1 heterocycles. The average molecular weight is 600 g/mol. The van der Waals surface area contributed by atoms with E-state index in [9.17, 15) is 26.0 Å². The van der Waals surface area contributed by atoms with E-state index in [4.69, 9.17) is 21.5 Å².